The van der Waals surface area contributed by atoms with E-state index in [9.17, 15) is 9.59 Å². The van der Waals surface area contributed by atoms with E-state index in [1.54, 1.807) is 16.8 Å². The smallest absolute Gasteiger partial charge is 0.231 e. The van der Waals surface area contributed by atoms with Gasteiger partial charge in [0.15, 0.2) is 0 Å². The highest BCUT2D eigenvalue weighted by Gasteiger charge is 2.40. The van der Waals surface area contributed by atoms with Gasteiger partial charge in [0.1, 0.15) is 12.5 Å². The number of hydrazine groups is 1. The first-order valence-corrected chi connectivity index (χ1v) is 8.94. The van der Waals surface area contributed by atoms with Crippen molar-refractivity contribution in [1.82, 2.24) is 40.9 Å². The van der Waals surface area contributed by atoms with Crippen molar-refractivity contribution < 1.29 is 14.3 Å². The third-order valence-corrected chi connectivity index (χ3v) is 4.83. The molecular formula is C15H26N8O3. The van der Waals surface area contributed by atoms with Crippen LogP contribution in [-0.2, 0) is 14.3 Å². The van der Waals surface area contributed by atoms with Gasteiger partial charge in [0.25, 0.3) is 0 Å². The quantitative estimate of drug-likeness (QED) is 0.617. The fourth-order valence-electron chi connectivity index (χ4n) is 3.40. The van der Waals surface area contributed by atoms with E-state index < -0.39 is 0 Å². The molecule has 2 aliphatic rings. The van der Waals surface area contributed by atoms with Crippen LogP contribution in [-0.4, -0.2) is 87.8 Å². The summed E-state index contributed by atoms with van der Waals surface area (Å²) in [7, 11) is 1.79. The lowest BCUT2D eigenvalue weighted by Gasteiger charge is -2.38. The zero-order valence-electron chi connectivity index (χ0n) is 15.2. The number of hydrogen-bond donors (Lipinski definition) is 2. The normalized spacial score (nSPS) is 26.1. The molecule has 0 bridgehead atoms. The molecule has 0 radical (unpaired) electrons. The molecule has 3 rings (SSSR count). The summed E-state index contributed by atoms with van der Waals surface area (Å²) < 4.78 is 7.06. The van der Waals surface area contributed by atoms with Crippen molar-refractivity contribution in [3.8, 4) is 0 Å². The van der Waals surface area contributed by atoms with Gasteiger partial charge in [-0.25, -0.2) is 10.1 Å². The Balaban J connectivity index is 1.68. The molecule has 11 nitrogen and oxygen atoms in total. The SMILES string of the molecule is CCCN(C)C(=O)CC1COCCN1C(=O)C1CNNC1n1cnnn1. The predicted octanol–water partition coefficient (Wildman–Crippen LogP) is -1.62. The Kier molecular flexibility index (Phi) is 6.12. The molecule has 3 atom stereocenters. The number of morpholine rings is 1. The molecule has 11 heteroatoms. The molecule has 0 aromatic carbocycles. The van der Waals surface area contributed by atoms with Crippen molar-refractivity contribution in [3.05, 3.63) is 6.33 Å². The van der Waals surface area contributed by atoms with E-state index in [2.05, 4.69) is 26.4 Å². The summed E-state index contributed by atoms with van der Waals surface area (Å²) in [6.07, 6.45) is 2.29. The first-order chi connectivity index (χ1) is 12.6. The van der Waals surface area contributed by atoms with Gasteiger partial charge in [-0.15, -0.1) is 5.10 Å². The number of carbonyl (C=O) groups excluding carboxylic acids is 2. The van der Waals surface area contributed by atoms with Gasteiger partial charge in [-0.2, -0.15) is 0 Å². The number of carbonyl (C=O) groups is 2. The van der Waals surface area contributed by atoms with E-state index >= 15 is 0 Å². The molecule has 2 fully saturated rings. The Labute approximate surface area is 152 Å². The molecule has 1 aromatic rings. The summed E-state index contributed by atoms with van der Waals surface area (Å²) >= 11 is 0. The van der Waals surface area contributed by atoms with E-state index in [4.69, 9.17) is 4.74 Å². The highest BCUT2D eigenvalue weighted by atomic mass is 16.5. The number of nitrogens with one attached hydrogen (secondary N) is 2. The van der Waals surface area contributed by atoms with Crippen molar-refractivity contribution in [2.75, 3.05) is 39.9 Å². The minimum Gasteiger partial charge on any atom is -0.377 e. The zero-order chi connectivity index (χ0) is 18.5. The molecule has 3 unspecified atom stereocenters. The number of amides is 2. The fourth-order valence-corrected chi connectivity index (χ4v) is 3.40. The number of hydrogen-bond acceptors (Lipinski definition) is 8. The summed E-state index contributed by atoms with van der Waals surface area (Å²) in [4.78, 5) is 29.1. The highest BCUT2D eigenvalue weighted by molar-refractivity contribution is 5.82. The minimum absolute atomic E-state index is 0.0257. The highest BCUT2D eigenvalue weighted by Crippen LogP contribution is 2.23. The van der Waals surface area contributed by atoms with Gasteiger partial charge in [-0.05, 0) is 16.8 Å². The summed E-state index contributed by atoms with van der Waals surface area (Å²) in [5.41, 5.74) is 6.04. The minimum atomic E-state index is -0.362. The van der Waals surface area contributed by atoms with Crippen molar-refractivity contribution in [1.29, 1.82) is 0 Å². The lowest BCUT2D eigenvalue weighted by molar-refractivity contribution is -0.147. The van der Waals surface area contributed by atoms with Crippen molar-refractivity contribution >= 4 is 11.8 Å². The van der Waals surface area contributed by atoms with Gasteiger partial charge in [-0.1, -0.05) is 6.92 Å². The van der Waals surface area contributed by atoms with Crippen LogP contribution in [0.15, 0.2) is 6.33 Å². The van der Waals surface area contributed by atoms with Gasteiger partial charge in [-0.3, -0.25) is 15.0 Å². The Morgan fingerprint density at radius 1 is 1.42 bits per heavy atom. The first kappa shape index (κ1) is 18.7. The number of tetrazole rings is 1. The first-order valence-electron chi connectivity index (χ1n) is 8.94. The van der Waals surface area contributed by atoms with E-state index in [1.165, 1.54) is 11.0 Å². The van der Waals surface area contributed by atoms with E-state index in [0.717, 1.165) is 6.42 Å². The Hall–Kier alpha value is -2.11. The fraction of sp³-hybridized carbons (Fsp3) is 0.800. The van der Waals surface area contributed by atoms with Gasteiger partial charge in [0.2, 0.25) is 11.8 Å². The number of nitrogens with zero attached hydrogens (tertiary/aromatic N) is 6. The average molecular weight is 366 g/mol. The van der Waals surface area contributed by atoms with Gasteiger partial charge >= 0.3 is 0 Å². The van der Waals surface area contributed by atoms with E-state index in [-0.39, 0.29) is 36.4 Å². The molecule has 2 amide bonds. The molecule has 144 valence electrons. The summed E-state index contributed by atoms with van der Waals surface area (Å²) in [6, 6.07) is -0.252. The van der Waals surface area contributed by atoms with Crippen LogP contribution in [0.4, 0.5) is 0 Å². The van der Waals surface area contributed by atoms with E-state index in [0.29, 0.717) is 32.8 Å². The largest absolute Gasteiger partial charge is 0.377 e. The van der Waals surface area contributed by atoms with Crippen LogP contribution in [0.25, 0.3) is 0 Å². The van der Waals surface area contributed by atoms with Gasteiger partial charge < -0.3 is 14.5 Å². The molecule has 0 spiro atoms. The third-order valence-electron chi connectivity index (χ3n) is 4.83. The van der Waals surface area contributed by atoms with Crippen LogP contribution in [0.5, 0.6) is 0 Å². The summed E-state index contributed by atoms with van der Waals surface area (Å²) in [5.74, 6) is -0.357. The summed E-state index contributed by atoms with van der Waals surface area (Å²) in [5, 5.41) is 11.2. The van der Waals surface area contributed by atoms with Crippen LogP contribution < -0.4 is 10.9 Å². The monoisotopic (exact) mass is 366 g/mol. The molecule has 0 saturated carbocycles. The van der Waals surface area contributed by atoms with Crippen molar-refractivity contribution in [2.24, 2.45) is 5.92 Å². The Morgan fingerprint density at radius 3 is 3.00 bits per heavy atom. The van der Waals surface area contributed by atoms with Gasteiger partial charge in [0.05, 0.1) is 25.2 Å². The second kappa shape index (κ2) is 8.52. The molecule has 3 heterocycles. The topological polar surface area (TPSA) is 118 Å². The van der Waals surface area contributed by atoms with Crippen LogP contribution in [0, 0.1) is 5.92 Å². The molecular weight excluding hydrogens is 340 g/mol. The Bertz CT molecular complexity index is 610. The van der Waals surface area contributed by atoms with Crippen LogP contribution >= 0.6 is 0 Å². The summed E-state index contributed by atoms with van der Waals surface area (Å²) in [6.45, 7) is 4.54. The lowest BCUT2D eigenvalue weighted by Crippen LogP contribution is -2.53. The maximum atomic E-state index is 13.2. The average Bonchev–Trinajstić information content (AvgIpc) is 3.33. The van der Waals surface area contributed by atoms with Gasteiger partial charge in [0, 0.05) is 33.1 Å². The Morgan fingerprint density at radius 2 is 2.27 bits per heavy atom. The van der Waals surface area contributed by atoms with E-state index in [1.807, 2.05) is 6.92 Å². The third kappa shape index (κ3) is 4.00. The second-order valence-electron chi connectivity index (χ2n) is 6.65. The van der Waals surface area contributed by atoms with Crippen LogP contribution in [0.2, 0.25) is 0 Å². The molecule has 0 aliphatic carbocycles. The second-order valence-corrected chi connectivity index (χ2v) is 6.65. The number of aromatic nitrogens is 4. The predicted molar refractivity (Wildman–Crippen MR) is 90.3 cm³/mol. The molecule has 26 heavy (non-hydrogen) atoms. The number of ether oxygens (including phenoxy) is 1. The van der Waals surface area contributed by atoms with Crippen LogP contribution in [0.1, 0.15) is 25.9 Å². The zero-order valence-corrected chi connectivity index (χ0v) is 15.2. The maximum absolute atomic E-state index is 13.2. The van der Waals surface area contributed by atoms with Crippen molar-refractivity contribution in [3.63, 3.8) is 0 Å². The van der Waals surface area contributed by atoms with Crippen molar-refractivity contribution in [2.45, 2.75) is 32.0 Å². The maximum Gasteiger partial charge on any atom is 0.231 e. The van der Waals surface area contributed by atoms with Crippen LogP contribution in [0.3, 0.4) is 0 Å². The molecule has 2 aliphatic heterocycles. The molecule has 2 N–H and O–H groups in total. The standard InChI is InChI=1S/C15H26N8O3/c1-3-4-21(2)13(24)7-11-9-26-6-5-22(11)15(25)12-8-16-18-14(12)23-10-17-19-20-23/h10-12,14,16,18H,3-9H2,1-2H3. The molecule has 2 saturated heterocycles. The molecule has 1 aromatic heterocycles. The lowest BCUT2D eigenvalue weighted by atomic mass is 10.0. The number of rotatable bonds is 6.